The quantitative estimate of drug-likeness (QED) is 0.372. The van der Waals surface area contributed by atoms with E-state index in [1.165, 1.54) is 12.1 Å². The molecule has 0 radical (unpaired) electrons. The van der Waals surface area contributed by atoms with Crippen molar-refractivity contribution in [1.82, 2.24) is 15.5 Å². The summed E-state index contributed by atoms with van der Waals surface area (Å²) < 4.78 is 71.8. The Balaban J connectivity index is 1.59. The van der Waals surface area contributed by atoms with Crippen molar-refractivity contribution < 1.29 is 31.1 Å². The maximum absolute atomic E-state index is 13.0. The van der Waals surface area contributed by atoms with Gasteiger partial charge in [-0.1, -0.05) is 37.3 Å². The van der Waals surface area contributed by atoms with E-state index in [0.717, 1.165) is 23.0 Å². The minimum atomic E-state index is -4.57. The normalized spacial score (nSPS) is 12.1. The molecule has 190 valence electrons. The van der Waals surface area contributed by atoms with Gasteiger partial charge in [0, 0.05) is 18.5 Å². The molecule has 0 aliphatic carbocycles. The number of ether oxygens (including phenoxy) is 1. The zero-order valence-electron chi connectivity index (χ0n) is 19.0. The van der Waals surface area contributed by atoms with Crippen LogP contribution in [0, 0.1) is 0 Å². The molecule has 2 N–H and O–H groups in total. The van der Waals surface area contributed by atoms with Crippen molar-refractivity contribution in [3.63, 3.8) is 0 Å². The summed E-state index contributed by atoms with van der Waals surface area (Å²) in [6.45, 7) is 5.73. The molecule has 0 aliphatic heterocycles. The summed E-state index contributed by atoms with van der Waals surface area (Å²) in [6, 6.07) is 6.86. The number of anilines is 1. The van der Waals surface area contributed by atoms with Gasteiger partial charge in [0.1, 0.15) is 20.5 Å². The van der Waals surface area contributed by atoms with Crippen LogP contribution in [0.3, 0.4) is 0 Å². The van der Waals surface area contributed by atoms with E-state index in [-0.39, 0.29) is 39.7 Å². The smallest absolute Gasteiger partial charge is 0.425 e. The number of halogens is 3. The number of benzene rings is 1. The SMILES string of the molecule is CCOc1cc(C(F)(F)F)sc1C(=O)NCCc1ccc(S(=O)(=O)Nc2nnc(C(C)C)s2)cc1. The molecule has 0 saturated heterocycles. The topological polar surface area (TPSA) is 110 Å². The van der Waals surface area contributed by atoms with Crippen molar-refractivity contribution in [3.8, 4) is 5.75 Å². The molecule has 35 heavy (non-hydrogen) atoms. The molecule has 1 amide bonds. The third-order valence-corrected chi connectivity index (χ3v) is 8.36. The molecule has 3 aromatic rings. The lowest BCUT2D eigenvalue weighted by Crippen LogP contribution is -2.25. The Morgan fingerprint density at radius 2 is 1.83 bits per heavy atom. The fourth-order valence-corrected chi connectivity index (χ4v) is 5.71. The van der Waals surface area contributed by atoms with Crippen LogP contribution >= 0.6 is 22.7 Å². The van der Waals surface area contributed by atoms with Crippen LogP contribution in [0.4, 0.5) is 18.3 Å². The van der Waals surface area contributed by atoms with Crippen LogP contribution in [0.15, 0.2) is 35.2 Å². The van der Waals surface area contributed by atoms with Gasteiger partial charge in [0.15, 0.2) is 0 Å². The van der Waals surface area contributed by atoms with Gasteiger partial charge in [-0.3, -0.25) is 9.52 Å². The van der Waals surface area contributed by atoms with E-state index in [9.17, 15) is 26.4 Å². The average molecular weight is 549 g/mol. The number of thiophene rings is 1. The van der Waals surface area contributed by atoms with Gasteiger partial charge in [-0.05, 0) is 31.0 Å². The van der Waals surface area contributed by atoms with Crippen LogP contribution in [0.1, 0.15) is 51.8 Å². The van der Waals surface area contributed by atoms with Gasteiger partial charge in [-0.15, -0.1) is 21.5 Å². The highest BCUT2D eigenvalue weighted by Gasteiger charge is 2.35. The maximum atomic E-state index is 13.0. The monoisotopic (exact) mass is 548 g/mol. The zero-order chi connectivity index (χ0) is 25.8. The van der Waals surface area contributed by atoms with Gasteiger partial charge in [-0.2, -0.15) is 13.2 Å². The second-order valence-electron chi connectivity index (χ2n) is 7.59. The second-order valence-corrected chi connectivity index (χ2v) is 11.3. The Kier molecular flexibility index (Phi) is 8.38. The van der Waals surface area contributed by atoms with Crippen LogP contribution in [0.25, 0.3) is 0 Å². The van der Waals surface area contributed by atoms with E-state index in [1.807, 2.05) is 13.8 Å². The molecule has 0 spiro atoms. The number of amides is 1. The predicted molar refractivity (Wildman–Crippen MR) is 128 cm³/mol. The fourth-order valence-electron chi connectivity index (χ4n) is 2.85. The lowest BCUT2D eigenvalue weighted by molar-refractivity contribution is -0.134. The molecule has 8 nitrogen and oxygen atoms in total. The van der Waals surface area contributed by atoms with Crippen LogP contribution < -0.4 is 14.8 Å². The molecule has 2 aromatic heterocycles. The Morgan fingerprint density at radius 3 is 2.40 bits per heavy atom. The third kappa shape index (κ3) is 6.92. The highest BCUT2D eigenvalue weighted by atomic mass is 32.2. The fraction of sp³-hybridized carbons (Fsp3) is 0.381. The van der Waals surface area contributed by atoms with Crippen molar-refractivity contribution in [1.29, 1.82) is 0 Å². The predicted octanol–water partition coefficient (Wildman–Crippen LogP) is 4.91. The number of rotatable bonds is 10. The minimum Gasteiger partial charge on any atom is -0.492 e. The molecule has 0 fully saturated rings. The number of hydrogen-bond donors (Lipinski definition) is 2. The molecular weight excluding hydrogens is 525 g/mol. The summed E-state index contributed by atoms with van der Waals surface area (Å²) in [6.07, 6.45) is -4.23. The molecule has 14 heteroatoms. The number of alkyl halides is 3. The molecule has 1 aromatic carbocycles. The number of hydrogen-bond acceptors (Lipinski definition) is 8. The zero-order valence-corrected chi connectivity index (χ0v) is 21.4. The summed E-state index contributed by atoms with van der Waals surface area (Å²) in [7, 11) is -3.85. The molecule has 0 unspecified atom stereocenters. The molecule has 0 atom stereocenters. The summed E-state index contributed by atoms with van der Waals surface area (Å²) in [5, 5.41) is 11.3. The highest BCUT2D eigenvalue weighted by Crippen LogP contribution is 2.40. The second kappa shape index (κ2) is 10.9. The number of sulfonamides is 1. The van der Waals surface area contributed by atoms with Gasteiger partial charge in [0.25, 0.3) is 15.9 Å². The van der Waals surface area contributed by atoms with Crippen LogP contribution in [0.5, 0.6) is 5.75 Å². The minimum absolute atomic E-state index is 0.0335. The first-order chi connectivity index (χ1) is 16.4. The van der Waals surface area contributed by atoms with Gasteiger partial charge >= 0.3 is 6.18 Å². The standard InChI is InChI=1S/C21H23F3N4O4S3/c1-4-32-15-11-16(21(22,23)24)33-17(15)18(29)25-10-9-13-5-7-14(8-6-13)35(30,31)28-20-27-26-19(34-20)12(2)3/h5-8,11-12H,4,9-10H2,1-3H3,(H,25,29)(H,27,28). The molecule has 0 saturated carbocycles. The van der Waals surface area contributed by atoms with E-state index in [2.05, 4.69) is 20.2 Å². The maximum Gasteiger partial charge on any atom is 0.425 e. The Labute approximate surface area is 208 Å². The summed E-state index contributed by atoms with van der Waals surface area (Å²) >= 11 is 1.49. The van der Waals surface area contributed by atoms with Gasteiger partial charge < -0.3 is 10.1 Å². The van der Waals surface area contributed by atoms with Gasteiger partial charge in [0.2, 0.25) is 5.13 Å². The molecule has 0 aliphatic rings. The van der Waals surface area contributed by atoms with Crippen molar-refractivity contribution in [2.45, 2.75) is 44.2 Å². The summed E-state index contributed by atoms with van der Waals surface area (Å²) in [4.78, 5) is 11.4. The molecule has 3 rings (SSSR count). The first-order valence-electron chi connectivity index (χ1n) is 10.5. The highest BCUT2D eigenvalue weighted by molar-refractivity contribution is 7.93. The first kappa shape index (κ1) is 26.9. The number of carbonyl (C=O) groups is 1. The number of nitrogens with one attached hydrogen (secondary N) is 2. The summed E-state index contributed by atoms with van der Waals surface area (Å²) in [5.74, 6) is -0.654. The van der Waals surface area contributed by atoms with Crippen molar-refractivity contribution in [2.24, 2.45) is 0 Å². The van der Waals surface area contributed by atoms with Crippen molar-refractivity contribution in [3.05, 3.63) is 50.7 Å². The van der Waals surface area contributed by atoms with Gasteiger partial charge in [0.05, 0.1) is 11.5 Å². The Morgan fingerprint density at radius 1 is 1.14 bits per heavy atom. The average Bonchev–Trinajstić information content (AvgIpc) is 3.41. The molecule has 0 bridgehead atoms. The summed E-state index contributed by atoms with van der Waals surface area (Å²) in [5.41, 5.74) is 0.731. The Bertz CT molecular complexity index is 1270. The number of nitrogens with zero attached hydrogens (tertiary/aromatic N) is 2. The van der Waals surface area contributed by atoms with E-state index >= 15 is 0 Å². The van der Waals surface area contributed by atoms with Crippen molar-refractivity contribution >= 4 is 43.7 Å². The Hall–Kier alpha value is -2.71. The molecular formula is C21H23F3N4O4S3. The van der Waals surface area contributed by atoms with Crippen molar-refractivity contribution in [2.75, 3.05) is 17.9 Å². The first-order valence-corrected chi connectivity index (χ1v) is 13.6. The third-order valence-electron chi connectivity index (χ3n) is 4.57. The van der Waals surface area contributed by atoms with E-state index < -0.39 is 27.0 Å². The van der Waals surface area contributed by atoms with Gasteiger partial charge in [-0.25, -0.2) is 8.42 Å². The number of aromatic nitrogens is 2. The largest absolute Gasteiger partial charge is 0.492 e. The van der Waals surface area contributed by atoms with Crippen LogP contribution in [-0.2, 0) is 22.6 Å². The van der Waals surface area contributed by atoms with Crippen LogP contribution in [0.2, 0.25) is 0 Å². The van der Waals surface area contributed by atoms with E-state index in [4.69, 9.17) is 4.74 Å². The van der Waals surface area contributed by atoms with E-state index in [0.29, 0.717) is 22.8 Å². The molecule has 2 heterocycles. The van der Waals surface area contributed by atoms with Crippen LogP contribution in [-0.4, -0.2) is 37.7 Å². The lowest BCUT2D eigenvalue weighted by Gasteiger charge is -2.08. The van der Waals surface area contributed by atoms with E-state index in [1.54, 1.807) is 19.1 Å². The lowest BCUT2D eigenvalue weighted by atomic mass is 10.1. The number of carbonyl (C=O) groups excluding carboxylic acids is 1.